The van der Waals surface area contributed by atoms with Gasteiger partial charge in [0, 0.05) is 11.6 Å². The first-order valence-electron chi connectivity index (χ1n) is 4.49. The zero-order valence-corrected chi connectivity index (χ0v) is 7.08. The van der Waals surface area contributed by atoms with Crippen LogP contribution >= 0.6 is 0 Å². The summed E-state index contributed by atoms with van der Waals surface area (Å²) in [5.74, 6) is 0.469. The second-order valence-corrected chi connectivity index (χ2v) is 3.84. The number of hydrazine groups is 1. The SMILES string of the molecule is NC(=O)C1NNC2=C3C=CC(C3)C21. The standard InChI is InChI=1S/C9H11N3O/c10-9(13)8-6-4-1-2-5(3-4)7(6)11-12-8/h1-2,4,6,8,11-12H,3H2,(H2,10,13). The van der Waals surface area contributed by atoms with Gasteiger partial charge in [-0.15, -0.1) is 0 Å². The number of primary amides is 1. The average Bonchev–Trinajstić information content (AvgIpc) is 2.76. The van der Waals surface area contributed by atoms with Crippen molar-refractivity contribution in [2.45, 2.75) is 12.5 Å². The van der Waals surface area contributed by atoms with Gasteiger partial charge in [-0.25, -0.2) is 5.43 Å². The van der Waals surface area contributed by atoms with Gasteiger partial charge in [0.1, 0.15) is 6.04 Å². The fraction of sp³-hybridized carbons (Fsp3) is 0.444. The zero-order valence-electron chi connectivity index (χ0n) is 7.08. The van der Waals surface area contributed by atoms with Crippen molar-refractivity contribution in [3.05, 3.63) is 23.4 Å². The summed E-state index contributed by atoms with van der Waals surface area (Å²) < 4.78 is 0. The minimum Gasteiger partial charge on any atom is -0.368 e. The maximum atomic E-state index is 11.1. The van der Waals surface area contributed by atoms with Crippen LogP contribution in [0.25, 0.3) is 0 Å². The second-order valence-electron chi connectivity index (χ2n) is 3.84. The summed E-state index contributed by atoms with van der Waals surface area (Å²) in [5.41, 5.74) is 13.8. The Bertz CT molecular complexity index is 345. The molecule has 0 aromatic carbocycles. The van der Waals surface area contributed by atoms with Crippen molar-refractivity contribution in [2.75, 3.05) is 0 Å². The molecule has 1 heterocycles. The van der Waals surface area contributed by atoms with E-state index >= 15 is 0 Å². The molecule has 0 aromatic heterocycles. The molecule has 3 aliphatic rings. The molecule has 68 valence electrons. The predicted octanol–water partition coefficient (Wildman–Crippen LogP) is -0.592. The van der Waals surface area contributed by atoms with Crippen LogP contribution in [0.3, 0.4) is 0 Å². The van der Waals surface area contributed by atoms with Crippen LogP contribution in [0.1, 0.15) is 6.42 Å². The van der Waals surface area contributed by atoms with Gasteiger partial charge in [-0.1, -0.05) is 12.2 Å². The topological polar surface area (TPSA) is 67.2 Å². The first kappa shape index (κ1) is 7.15. The molecule has 0 radical (unpaired) electrons. The van der Waals surface area contributed by atoms with Crippen LogP contribution in [0.5, 0.6) is 0 Å². The minimum absolute atomic E-state index is 0.234. The number of carbonyl (C=O) groups is 1. The lowest BCUT2D eigenvalue weighted by Gasteiger charge is -2.17. The summed E-state index contributed by atoms with van der Waals surface area (Å²) in [6.07, 6.45) is 5.38. The molecule has 13 heavy (non-hydrogen) atoms. The maximum absolute atomic E-state index is 11.1. The molecule has 1 saturated heterocycles. The number of nitrogens with one attached hydrogen (secondary N) is 2. The summed E-state index contributed by atoms with van der Waals surface area (Å²) in [6, 6.07) is -0.234. The normalized spacial score (nSPS) is 39.5. The van der Waals surface area contributed by atoms with Gasteiger partial charge in [-0.2, -0.15) is 0 Å². The fourth-order valence-electron chi connectivity index (χ4n) is 2.58. The molecule has 1 amide bonds. The highest BCUT2D eigenvalue weighted by molar-refractivity contribution is 5.81. The van der Waals surface area contributed by atoms with Crippen molar-refractivity contribution >= 4 is 5.91 Å². The van der Waals surface area contributed by atoms with E-state index < -0.39 is 0 Å². The van der Waals surface area contributed by atoms with E-state index in [1.165, 1.54) is 11.3 Å². The molecule has 1 fully saturated rings. The molecule has 1 aliphatic heterocycles. The summed E-state index contributed by atoms with van der Waals surface area (Å²) >= 11 is 0. The Balaban J connectivity index is 2.00. The van der Waals surface area contributed by atoms with Gasteiger partial charge in [0.2, 0.25) is 5.91 Å². The monoisotopic (exact) mass is 177 g/mol. The van der Waals surface area contributed by atoms with Gasteiger partial charge in [-0.05, 0) is 17.9 Å². The van der Waals surface area contributed by atoms with Crippen LogP contribution in [0.4, 0.5) is 0 Å². The van der Waals surface area contributed by atoms with E-state index in [-0.39, 0.29) is 17.9 Å². The summed E-state index contributed by atoms with van der Waals surface area (Å²) in [4.78, 5) is 11.1. The maximum Gasteiger partial charge on any atom is 0.237 e. The highest BCUT2D eigenvalue weighted by Crippen LogP contribution is 2.45. The minimum atomic E-state index is -0.269. The Morgan fingerprint density at radius 2 is 2.46 bits per heavy atom. The molecule has 3 rings (SSSR count). The molecular formula is C9H11N3O. The van der Waals surface area contributed by atoms with Crippen LogP contribution < -0.4 is 16.6 Å². The second kappa shape index (κ2) is 2.14. The van der Waals surface area contributed by atoms with Gasteiger partial charge in [0.15, 0.2) is 0 Å². The summed E-state index contributed by atoms with van der Waals surface area (Å²) in [7, 11) is 0. The van der Waals surface area contributed by atoms with Gasteiger partial charge in [0.25, 0.3) is 0 Å². The number of hydrogen-bond acceptors (Lipinski definition) is 3. The number of rotatable bonds is 1. The smallest absolute Gasteiger partial charge is 0.237 e. The van der Waals surface area contributed by atoms with Gasteiger partial charge < -0.3 is 11.2 Å². The van der Waals surface area contributed by atoms with E-state index in [1.807, 2.05) is 0 Å². The molecule has 2 aliphatic carbocycles. The molecule has 3 atom stereocenters. The van der Waals surface area contributed by atoms with Crippen molar-refractivity contribution in [1.29, 1.82) is 0 Å². The number of fused-ring (bicyclic) bond motifs is 4. The quantitative estimate of drug-likeness (QED) is 0.501. The molecule has 0 aromatic rings. The lowest BCUT2D eigenvalue weighted by Crippen LogP contribution is -2.44. The van der Waals surface area contributed by atoms with E-state index in [1.54, 1.807) is 0 Å². The zero-order chi connectivity index (χ0) is 9.00. The Morgan fingerprint density at radius 1 is 1.62 bits per heavy atom. The lowest BCUT2D eigenvalue weighted by atomic mass is 9.88. The lowest BCUT2D eigenvalue weighted by molar-refractivity contribution is -0.120. The highest BCUT2D eigenvalue weighted by atomic mass is 16.1. The number of carbonyl (C=O) groups excluding carboxylic acids is 1. The van der Waals surface area contributed by atoms with E-state index in [2.05, 4.69) is 23.0 Å². The third-order valence-corrected chi connectivity index (χ3v) is 3.17. The third kappa shape index (κ3) is 0.759. The summed E-state index contributed by atoms with van der Waals surface area (Å²) in [6.45, 7) is 0. The van der Waals surface area contributed by atoms with Crippen molar-refractivity contribution in [3.63, 3.8) is 0 Å². The molecule has 4 heteroatoms. The fourth-order valence-corrected chi connectivity index (χ4v) is 2.58. The van der Waals surface area contributed by atoms with Gasteiger partial charge >= 0.3 is 0 Å². The Labute approximate surface area is 75.8 Å². The molecule has 0 saturated carbocycles. The van der Waals surface area contributed by atoms with E-state index in [0.717, 1.165) is 6.42 Å². The molecule has 4 nitrogen and oxygen atoms in total. The van der Waals surface area contributed by atoms with Crippen molar-refractivity contribution in [2.24, 2.45) is 17.6 Å². The van der Waals surface area contributed by atoms with Crippen LogP contribution in [-0.4, -0.2) is 11.9 Å². The number of allylic oxidation sites excluding steroid dienone is 3. The van der Waals surface area contributed by atoms with Gasteiger partial charge in [-0.3, -0.25) is 4.79 Å². The first-order chi connectivity index (χ1) is 6.27. The van der Waals surface area contributed by atoms with Gasteiger partial charge in [0.05, 0.1) is 0 Å². The summed E-state index contributed by atoms with van der Waals surface area (Å²) in [5, 5.41) is 0. The first-order valence-corrected chi connectivity index (χ1v) is 4.49. The van der Waals surface area contributed by atoms with Crippen molar-refractivity contribution < 1.29 is 4.79 Å². The average molecular weight is 177 g/mol. The van der Waals surface area contributed by atoms with Crippen LogP contribution in [0, 0.1) is 11.8 Å². The molecule has 2 bridgehead atoms. The Morgan fingerprint density at radius 3 is 3.23 bits per heavy atom. The third-order valence-electron chi connectivity index (χ3n) is 3.17. The van der Waals surface area contributed by atoms with Crippen LogP contribution in [0.15, 0.2) is 23.4 Å². The molecule has 3 unspecified atom stereocenters. The molecular weight excluding hydrogens is 166 g/mol. The Kier molecular flexibility index (Phi) is 1.18. The number of nitrogens with two attached hydrogens (primary N) is 1. The van der Waals surface area contributed by atoms with Crippen molar-refractivity contribution in [3.8, 4) is 0 Å². The van der Waals surface area contributed by atoms with Crippen LogP contribution in [0.2, 0.25) is 0 Å². The van der Waals surface area contributed by atoms with E-state index in [4.69, 9.17) is 5.73 Å². The van der Waals surface area contributed by atoms with E-state index in [9.17, 15) is 4.79 Å². The molecule has 4 N–H and O–H groups in total. The number of amides is 1. The highest BCUT2D eigenvalue weighted by Gasteiger charge is 2.46. The largest absolute Gasteiger partial charge is 0.368 e. The van der Waals surface area contributed by atoms with Crippen molar-refractivity contribution in [1.82, 2.24) is 10.9 Å². The Hall–Kier alpha value is -1.29. The van der Waals surface area contributed by atoms with E-state index in [0.29, 0.717) is 5.92 Å². The predicted molar refractivity (Wildman–Crippen MR) is 47.0 cm³/mol. The molecule has 0 spiro atoms. The van der Waals surface area contributed by atoms with Crippen LogP contribution in [-0.2, 0) is 4.79 Å². The number of hydrogen-bond donors (Lipinski definition) is 3.